The summed E-state index contributed by atoms with van der Waals surface area (Å²) in [5.74, 6) is 0.289. The SMILES string of the molecule is CC/C=C(\[O-])N1C(=O)N(c2ccccc2)[C@@H]2[C@H]3CC[C@@](C)([C@@H]21)C3(C)C.[Na+]. The molecule has 2 aliphatic carbocycles. The molecule has 1 saturated heterocycles. The molecule has 0 N–H and O–H groups in total. The Morgan fingerprint density at radius 1 is 1.27 bits per heavy atom. The van der Waals surface area contributed by atoms with E-state index in [1.165, 1.54) is 0 Å². The van der Waals surface area contributed by atoms with Crippen molar-refractivity contribution in [2.24, 2.45) is 16.7 Å². The Kier molecular flexibility index (Phi) is 5.00. The zero-order valence-corrected chi connectivity index (χ0v) is 18.5. The van der Waals surface area contributed by atoms with Crippen molar-refractivity contribution >= 4 is 11.7 Å². The molecule has 134 valence electrons. The van der Waals surface area contributed by atoms with Crippen LogP contribution in [-0.2, 0) is 0 Å². The molecular formula is C21H27N2NaO2. The van der Waals surface area contributed by atoms with Gasteiger partial charge in [-0.3, -0.25) is 4.90 Å². The van der Waals surface area contributed by atoms with Gasteiger partial charge in [-0.1, -0.05) is 52.0 Å². The van der Waals surface area contributed by atoms with Crippen LogP contribution in [0.5, 0.6) is 0 Å². The van der Waals surface area contributed by atoms with Crippen molar-refractivity contribution in [2.45, 2.75) is 59.0 Å². The van der Waals surface area contributed by atoms with Crippen LogP contribution in [0.3, 0.4) is 0 Å². The molecule has 1 heterocycles. The Hall–Kier alpha value is -0.970. The van der Waals surface area contributed by atoms with Crippen LogP contribution >= 0.6 is 0 Å². The normalized spacial score (nSPS) is 34.8. The van der Waals surface area contributed by atoms with E-state index in [1.54, 1.807) is 11.0 Å². The fourth-order valence-electron chi connectivity index (χ4n) is 5.78. The summed E-state index contributed by atoms with van der Waals surface area (Å²) in [6.07, 6.45) is 4.50. The van der Waals surface area contributed by atoms with Gasteiger partial charge in [-0.15, -0.1) is 0 Å². The molecule has 2 amide bonds. The van der Waals surface area contributed by atoms with Crippen molar-refractivity contribution in [1.29, 1.82) is 0 Å². The first kappa shape index (κ1) is 19.8. The van der Waals surface area contributed by atoms with Gasteiger partial charge < -0.3 is 10.0 Å². The first-order valence-corrected chi connectivity index (χ1v) is 9.39. The van der Waals surface area contributed by atoms with E-state index in [0.29, 0.717) is 12.3 Å². The van der Waals surface area contributed by atoms with E-state index in [9.17, 15) is 9.90 Å². The van der Waals surface area contributed by atoms with Crippen LogP contribution in [0.25, 0.3) is 0 Å². The van der Waals surface area contributed by atoms with E-state index < -0.39 is 0 Å². The average Bonchev–Trinajstić information content (AvgIpc) is 3.06. The van der Waals surface area contributed by atoms with Crippen LogP contribution < -0.4 is 39.6 Å². The molecule has 26 heavy (non-hydrogen) atoms. The van der Waals surface area contributed by atoms with Gasteiger partial charge in [0, 0.05) is 5.69 Å². The summed E-state index contributed by atoms with van der Waals surface area (Å²) in [5, 5.41) is 12.8. The number of fused-ring (bicyclic) bond motifs is 5. The Morgan fingerprint density at radius 3 is 2.54 bits per heavy atom. The van der Waals surface area contributed by atoms with E-state index >= 15 is 0 Å². The molecule has 0 spiro atoms. The molecule has 0 unspecified atom stereocenters. The summed E-state index contributed by atoms with van der Waals surface area (Å²) < 4.78 is 0. The molecule has 0 radical (unpaired) electrons. The maximum atomic E-state index is 13.3. The third kappa shape index (κ3) is 2.35. The number of rotatable bonds is 3. The van der Waals surface area contributed by atoms with Crippen LogP contribution in [0.4, 0.5) is 10.5 Å². The molecule has 4 rings (SSSR count). The Bertz CT molecular complexity index is 733. The summed E-state index contributed by atoms with van der Waals surface area (Å²) in [7, 11) is 0. The summed E-state index contributed by atoms with van der Waals surface area (Å²) in [6, 6.07) is 9.73. The maximum absolute atomic E-state index is 13.3. The molecule has 1 aliphatic heterocycles. The molecule has 0 aromatic heterocycles. The summed E-state index contributed by atoms with van der Waals surface area (Å²) in [4.78, 5) is 16.8. The molecule has 1 aromatic rings. The predicted octanol–water partition coefficient (Wildman–Crippen LogP) is 0.738. The average molecular weight is 362 g/mol. The number of nitrogens with zero attached hydrogens (tertiary/aromatic N) is 2. The first-order chi connectivity index (χ1) is 11.8. The smallest absolute Gasteiger partial charge is 0.860 e. The van der Waals surface area contributed by atoms with Crippen LogP contribution in [-0.4, -0.2) is 23.0 Å². The summed E-state index contributed by atoms with van der Waals surface area (Å²) >= 11 is 0. The van der Waals surface area contributed by atoms with E-state index in [4.69, 9.17) is 0 Å². The number of amides is 2. The number of benzene rings is 1. The second kappa shape index (κ2) is 6.57. The minimum Gasteiger partial charge on any atom is -0.860 e. The first-order valence-electron chi connectivity index (χ1n) is 9.39. The topological polar surface area (TPSA) is 46.6 Å². The number of allylic oxidation sites excluding steroid dienone is 1. The monoisotopic (exact) mass is 362 g/mol. The van der Waals surface area contributed by atoms with Gasteiger partial charge in [0.25, 0.3) is 0 Å². The maximum Gasteiger partial charge on any atom is 1.00 e. The van der Waals surface area contributed by atoms with Crippen molar-refractivity contribution in [3.8, 4) is 0 Å². The van der Waals surface area contributed by atoms with Gasteiger partial charge in [0.15, 0.2) is 0 Å². The van der Waals surface area contributed by atoms with E-state index in [-0.39, 0.29) is 64.4 Å². The standard InChI is InChI=1S/C21H28N2O2.Na/c1-5-9-16(24)23-18-17(15-12-13-21(18,4)20(15,2)3)22(19(23)25)14-10-7-6-8-11-14;/h6-11,15,17-18,24H,5,12-13H2,1-4H3;/q;+1/p-1/b16-9-;/t15-,17-,18-,21+;/m1./s1. The third-order valence-electron chi connectivity index (χ3n) is 7.40. The van der Waals surface area contributed by atoms with Gasteiger partial charge >= 0.3 is 35.6 Å². The van der Waals surface area contributed by atoms with E-state index in [1.807, 2.05) is 42.2 Å². The summed E-state index contributed by atoms with van der Waals surface area (Å²) in [5.41, 5.74) is 0.987. The molecule has 1 aromatic carbocycles. The Balaban J connectivity index is 0.00000196. The predicted molar refractivity (Wildman–Crippen MR) is 96.7 cm³/mol. The number of anilines is 1. The van der Waals surface area contributed by atoms with Crippen LogP contribution in [0.15, 0.2) is 42.3 Å². The molecule has 2 bridgehead atoms. The number of hydrogen-bond acceptors (Lipinski definition) is 2. The molecule has 4 atom stereocenters. The molecule has 3 aliphatic rings. The van der Waals surface area contributed by atoms with Gasteiger partial charge in [-0.2, -0.15) is 0 Å². The number of para-hydroxylation sites is 1. The number of urea groups is 1. The number of carbonyl (C=O) groups excluding carboxylic acids is 1. The quantitative estimate of drug-likeness (QED) is 0.588. The Morgan fingerprint density at radius 2 is 1.92 bits per heavy atom. The van der Waals surface area contributed by atoms with Crippen molar-refractivity contribution in [1.82, 2.24) is 4.90 Å². The molecule has 5 heteroatoms. The van der Waals surface area contributed by atoms with Gasteiger partial charge in [0.2, 0.25) is 0 Å². The van der Waals surface area contributed by atoms with Crippen LogP contribution in [0.1, 0.15) is 47.0 Å². The molecular weight excluding hydrogens is 335 g/mol. The van der Waals surface area contributed by atoms with Gasteiger partial charge in [-0.05, 0) is 54.0 Å². The number of carbonyl (C=O) groups is 1. The van der Waals surface area contributed by atoms with Crippen LogP contribution in [0.2, 0.25) is 0 Å². The molecule has 4 nitrogen and oxygen atoms in total. The second-order valence-electron chi connectivity index (χ2n) is 8.53. The minimum atomic E-state index is -0.149. The Labute approximate surface area is 178 Å². The van der Waals surface area contributed by atoms with Crippen molar-refractivity contribution in [3.63, 3.8) is 0 Å². The van der Waals surface area contributed by atoms with Crippen molar-refractivity contribution in [2.75, 3.05) is 4.90 Å². The largest absolute Gasteiger partial charge is 1.00 e. The fraction of sp³-hybridized carbons (Fsp3) is 0.571. The zero-order valence-electron chi connectivity index (χ0n) is 16.5. The van der Waals surface area contributed by atoms with Gasteiger partial charge in [0.05, 0.1) is 12.1 Å². The fourth-order valence-corrected chi connectivity index (χ4v) is 5.78. The van der Waals surface area contributed by atoms with Gasteiger partial charge in [-0.25, -0.2) is 4.79 Å². The number of hydrogen-bond donors (Lipinski definition) is 0. The van der Waals surface area contributed by atoms with Crippen molar-refractivity contribution < 1.29 is 39.5 Å². The summed E-state index contributed by atoms with van der Waals surface area (Å²) in [6.45, 7) is 8.87. The third-order valence-corrected chi connectivity index (χ3v) is 7.40. The van der Waals surface area contributed by atoms with Crippen molar-refractivity contribution in [3.05, 3.63) is 42.3 Å². The minimum absolute atomic E-state index is 0. The molecule has 2 saturated carbocycles. The van der Waals surface area contributed by atoms with E-state index in [2.05, 4.69) is 20.8 Å². The van der Waals surface area contributed by atoms with Gasteiger partial charge in [0.1, 0.15) is 0 Å². The zero-order chi connectivity index (χ0) is 18.0. The van der Waals surface area contributed by atoms with E-state index in [0.717, 1.165) is 18.5 Å². The second-order valence-corrected chi connectivity index (χ2v) is 8.53. The molecule has 3 fully saturated rings. The van der Waals surface area contributed by atoms with Crippen LogP contribution in [0, 0.1) is 16.7 Å².